The van der Waals surface area contributed by atoms with Gasteiger partial charge in [-0.25, -0.2) is 9.78 Å². The molecule has 0 aromatic carbocycles. The number of pyridine rings is 1. The minimum Gasteiger partial charge on any atom is -0.427 e. The Kier molecular flexibility index (Phi) is 6.29. The van der Waals surface area contributed by atoms with Gasteiger partial charge in [-0.05, 0) is 13.0 Å². The number of hydrogen-bond acceptors (Lipinski definition) is 5. The molecule has 0 aliphatic carbocycles. The van der Waals surface area contributed by atoms with Crippen LogP contribution in [0.2, 0.25) is 0 Å². The Labute approximate surface area is 113 Å². The fourth-order valence-electron chi connectivity index (χ4n) is 1.62. The number of hydrogen-bond donors (Lipinski definition) is 0. The maximum absolute atomic E-state index is 11.6. The summed E-state index contributed by atoms with van der Waals surface area (Å²) in [6, 6.07) is 5.09. The van der Waals surface area contributed by atoms with Gasteiger partial charge in [0.1, 0.15) is 5.60 Å². The molecule has 106 valence electrons. The lowest BCUT2D eigenvalue weighted by Gasteiger charge is -2.32. The molecule has 19 heavy (non-hydrogen) atoms. The second-order valence-electron chi connectivity index (χ2n) is 4.18. The lowest BCUT2D eigenvalue weighted by Crippen LogP contribution is -2.38. The number of aromatic nitrogens is 1. The molecule has 0 amide bonds. The topological polar surface area (TPSA) is 57.7 Å². The van der Waals surface area contributed by atoms with Crippen molar-refractivity contribution < 1.29 is 19.0 Å². The molecule has 0 spiro atoms. The van der Waals surface area contributed by atoms with Crippen molar-refractivity contribution in [2.45, 2.75) is 39.2 Å². The van der Waals surface area contributed by atoms with Crippen LogP contribution in [0.4, 0.5) is 4.79 Å². The van der Waals surface area contributed by atoms with Gasteiger partial charge in [0.05, 0.1) is 13.2 Å². The number of carbonyl (C=O) groups is 1. The summed E-state index contributed by atoms with van der Waals surface area (Å²) in [6.45, 7) is 7.09. The third kappa shape index (κ3) is 5.26. The molecule has 0 unspecified atom stereocenters. The zero-order valence-corrected chi connectivity index (χ0v) is 11.7. The van der Waals surface area contributed by atoms with Gasteiger partial charge in [-0.2, -0.15) is 0 Å². The van der Waals surface area contributed by atoms with Crippen LogP contribution in [-0.4, -0.2) is 30.0 Å². The third-order valence-electron chi connectivity index (χ3n) is 2.71. The van der Waals surface area contributed by atoms with Crippen molar-refractivity contribution in [2.75, 3.05) is 13.2 Å². The van der Waals surface area contributed by atoms with Crippen LogP contribution in [-0.2, 0) is 9.47 Å². The Morgan fingerprint density at radius 1 is 1.32 bits per heavy atom. The van der Waals surface area contributed by atoms with Crippen molar-refractivity contribution in [1.82, 2.24) is 4.98 Å². The Bertz CT molecular complexity index is 374. The average molecular weight is 267 g/mol. The van der Waals surface area contributed by atoms with E-state index in [9.17, 15) is 4.79 Å². The quantitative estimate of drug-likeness (QED) is 0.770. The highest BCUT2D eigenvalue weighted by molar-refractivity contribution is 5.63. The van der Waals surface area contributed by atoms with E-state index in [1.807, 2.05) is 20.8 Å². The van der Waals surface area contributed by atoms with Crippen LogP contribution in [0.3, 0.4) is 0 Å². The molecular formula is C14H21NO4. The third-order valence-corrected chi connectivity index (χ3v) is 2.71. The van der Waals surface area contributed by atoms with E-state index in [0.29, 0.717) is 26.1 Å². The van der Waals surface area contributed by atoms with Gasteiger partial charge in [0.15, 0.2) is 0 Å². The zero-order valence-electron chi connectivity index (χ0n) is 11.7. The summed E-state index contributed by atoms with van der Waals surface area (Å²) in [4.78, 5) is 15.4. The SMILES string of the molecule is CC.CC1(OC(=O)Oc2ccccn2)CCOCC1. The van der Waals surface area contributed by atoms with Crippen LogP contribution in [0.5, 0.6) is 5.88 Å². The molecule has 0 atom stereocenters. The van der Waals surface area contributed by atoms with E-state index >= 15 is 0 Å². The van der Waals surface area contributed by atoms with Gasteiger partial charge >= 0.3 is 6.16 Å². The van der Waals surface area contributed by atoms with E-state index in [1.54, 1.807) is 24.4 Å². The Balaban J connectivity index is 0.000000861. The smallest absolute Gasteiger partial charge is 0.427 e. The molecule has 2 rings (SSSR count). The van der Waals surface area contributed by atoms with Crippen LogP contribution in [0.15, 0.2) is 24.4 Å². The summed E-state index contributed by atoms with van der Waals surface area (Å²) >= 11 is 0. The highest BCUT2D eigenvalue weighted by Gasteiger charge is 2.32. The standard InChI is InChI=1S/C12H15NO4.C2H6/c1-12(5-8-15-9-6-12)17-11(14)16-10-4-2-3-7-13-10;1-2/h2-4,7H,5-6,8-9H2,1H3;1-2H3. The molecule has 5 heteroatoms. The molecule has 0 N–H and O–H groups in total. The van der Waals surface area contributed by atoms with Crippen molar-refractivity contribution in [3.8, 4) is 5.88 Å². The zero-order chi connectivity index (χ0) is 14.1. The second-order valence-corrected chi connectivity index (χ2v) is 4.18. The predicted molar refractivity (Wildman–Crippen MR) is 71.2 cm³/mol. The van der Waals surface area contributed by atoms with E-state index in [4.69, 9.17) is 14.2 Å². The van der Waals surface area contributed by atoms with E-state index in [-0.39, 0.29) is 5.88 Å². The van der Waals surface area contributed by atoms with Gasteiger partial charge in [-0.15, -0.1) is 0 Å². The van der Waals surface area contributed by atoms with E-state index in [1.165, 1.54) is 0 Å². The minimum absolute atomic E-state index is 0.244. The molecule has 0 radical (unpaired) electrons. The monoisotopic (exact) mass is 267 g/mol. The summed E-state index contributed by atoms with van der Waals surface area (Å²) in [7, 11) is 0. The molecule has 5 nitrogen and oxygen atoms in total. The highest BCUT2D eigenvalue weighted by atomic mass is 16.7. The fourth-order valence-corrected chi connectivity index (χ4v) is 1.62. The van der Waals surface area contributed by atoms with E-state index in [0.717, 1.165) is 0 Å². The first kappa shape index (κ1) is 15.4. The number of nitrogens with zero attached hydrogens (tertiary/aromatic N) is 1. The number of ether oxygens (including phenoxy) is 3. The van der Waals surface area contributed by atoms with Gasteiger partial charge in [0, 0.05) is 25.1 Å². The average Bonchev–Trinajstić information content (AvgIpc) is 2.42. The second kappa shape index (κ2) is 7.74. The van der Waals surface area contributed by atoms with Crippen LogP contribution >= 0.6 is 0 Å². The number of rotatable bonds is 2. The van der Waals surface area contributed by atoms with E-state index < -0.39 is 11.8 Å². The molecule has 0 bridgehead atoms. The molecule has 1 fully saturated rings. The molecule has 1 aliphatic heterocycles. The van der Waals surface area contributed by atoms with Crippen molar-refractivity contribution >= 4 is 6.16 Å². The van der Waals surface area contributed by atoms with Gasteiger partial charge < -0.3 is 14.2 Å². The summed E-state index contributed by atoms with van der Waals surface area (Å²) in [6.07, 6.45) is 2.21. The summed E-state index contributed by atoms with van der Waals surface area (Å²) < 4.78 is 15.5. The van der Waals surface area contributed by atoms with Crippen LogP contribution in [0.1, 0.15) is 33.6 Å². The maximum atomic E-state index is 11.6. The Morgan fingerprint density at radius 3 is 2.58 bits per heavy atom. The Hall–Kier alpha value is -1.62. The summed E-state index contributed by atoms with van der Waals surface area (Å²) in [5, 5.41) is 0. The maximum Gasteiger partial charge on any atom is 0.515 e. The summed E-state index contributed by atoms with van der Waals surface area (Å²) in [5.74, 6) is 0.244. The fraction of sp³-hybridized carbons (Fsp3) is 0.571. The molecule has 1 aromatic heterocycles. The van der Waals surface area contributed by atoms with Crippen molar-refractivity contribution in [1.29, 1.82) is 0 Å². The molecular weight excluding hydrogens is 246 g/mol. The molecule has 2 heterocycles. The van der Waals surface area contributed by atoms with Gasteiger partial charge in [0.25, 0.3) is 0 Å². The van der Waals surface area contributed by atoms with Gasteiger partial charge in [-0.3, -0.25) is 0 Å². The van der Waals surface area contributed by atoms with Crippen molar-refractivity contribution in [3.63, 3.8) is 0 Å². The van der Waals surface area contributed by atoms with Gasteiger partial charge in [0.2, 0.25) is 5.88 Å². The highest BCUT2D eigenvalue weighted by Crippen LogP contribution is 2.25. The first-order valence-electron chi connectivity index (χ1n) is 6.58. The van der Waals surface area contributed by atoms with Crippen molar-refractivity contribution in [3.05, 3.63) is 24.4 Å². The molecule has 1 saturated heterocycles. The van der Waals surface area contributed by atoms with Crippen LogP contribution in [0, 0.1) is 0 Å². The first-order valence-corrected chi connectivity index (χ1v) is 6.58. The number of carbonyl (C=O) groups excluding carboxylic acids is 1. The Morgan fingerprint density at radius 2 is 2.00 bits per heavy atom. The normalized spacial score (nSPS) is 16.8. The lowest BCUT2D eigenvalue weighted by atomic mass is 9.97. The van der Waals surface area contributed by atoms with Crippen LogP contribution < -0.4 is 4.74 Å². The summed E-state index contributed by atoms with van der Waals surface area (Å²) in [5.41, 5.74) is -0.496. The van der Waals surface area contributed by atoms with Crippen molar-refractivity contribution in [2.24, 2.45) is 0 Å². The van der Waals surface area contributed by atoms with Crippen LogP contribution in [0.25, 0.3) is 0 Å². The largest absolute Gasteiger partial charge is 0.515 e. The van der Waals surface area contributed by atoms with E-state index in [2.05, 4.69) is 4.98 Å². The lowest BCUT2D eigenvalue weighted by molar-refractivity contribution is -0.0720. The molecule has 1 aliphatic rings. The minimum atomic E-state index is -0.715. The predicted octanol–water partition coefficient (Wildman–Crippen LogP) is 3.19. The first-order chi connectivity index (χ1) is 9.18. The molecule has 1 aromatic rings. The van der Waals surface area contributed by atoms with Gasteiger partial charge in [-0.1, -0.05) is 19.9 Å². The molecule has 0 saturated carbocycles.